The molecule has 0 spiro atoms. The number of piperazine rings is 1. The lowest BCUT2D eigenvalue weighted by Crippen LogP contribution is -2.66. The smallest absolute Gasteiger partial charge is 0.0662 e. The Morgan fingerprint density at radius 2 is 2.11 bits per heavy atom. The van der Waals surface area contributed by atoms with E-state index in [1.54, 1.807) is 0 Å². The Morgan fingerprint density at radius 3 is 2.89 bits per heavy atom. The molecule has 0 aromatic rings. The topological polar surface area (TPSA) is 41.7 Å². The maximum atomic E-state index is 6.10. The van der Waals surface area contributed by atoms with Crippen LogP contribution < -0.4 is 5.73 Å². The summed E-state index contributed by atoms with van der Waals surface area (Å²) in [6.07, 6.45) is 6.55. The maximum absolute atomic E-state index is 6.10. The van der Waals surface area contributed by atoms with Gasteiger partial charge in [0.05, 0.1) is 12.1 Å². The van der Waals surface area contributed by atoms with Crippen molar-refractivity contribution in [3.05, 3.63) is 0 Å². The van der Waals surface area contributed by atoms with Crippen molar-refractivity contribution in [1.29, 1.82) is 0 Å². The SMILES string of the molecule is NCC1(N2CCN3CCCCC3C2)CCCOC1. The van der Waals surface area contributed by atoms with Gasteiger partial charge in [0.1, 0.15) is 0 Å². The average Bonchev–Trinajstić information content (AvgIpc) is 2.47. The van der Waals surface area contributed by atoms with Crippen LogP contribution in [-0.4, -0.2) is 67.3 Å². The van der Waals surface area contributed by atoms with Gasteiger partial charge in [-0.25, -0.2) is 0 Å². The Morgan fingerprint density at radius 1 is 1.17 bits per heavy atom. The highest BCUT2D eigenvalue weighted by molar-refractivity contribution is 4.98. The quantitative estimate of drug-likeness (QED) is 0.785. The van der Waals surface area contributed by atoms with E-state index in [1.807, 2.05) is 0 Å². The van der Waals surface area contributed by atoms with Crippen LogP contribution >= 0.6 is 0 Å². The van der Waals surface area contributed by atoms with Gasteiger partial charge in [0.2, 0.25) is 0 Å². The molecule has 3 saturated heterocycles. The van der Waals surface area contributed by atoms with E-state index in [1.165, 1.54) is 58.3 Å². The summed E-state index contributed by atoms with van der Waals surface area (Å²) in [5, 5.41) is 0. The largest absolute Gasteiger partial charge is 0.379 e. The zero-order chi connectivity index (χ0) is 12.4. The summed E-state index contributed by atoms with van der Waals surface area (Å²) in [6.45, 7) is 7.44. The van der Waals surface area contributed by atoms with Gasteiger partial charge in [0.15, 0.2) is 0 Å². The molecule has 3 fully saturated rings. The second kappa shape index (κ2) is 5.45. The van der Waals surface area contributed by atoms with Crippen LogP contribution in [0, 0.1) is 0 Å². The zero-order valence-electron chi connectivity index (χ0n) is 11.4. The first-order valence-corrected chi connectivity index (χ1v) is 7.61. The molecular formula is C14H27N3O. The van der Waals surface area contributed by atoms with Gasteiger partial charge in [-0.1, -0.05) is 6.42 Å². The minimum absolute atomic E-state index is 0.141. The summed E-state index contributed by atoms with van der Waals surface area (Å²) < 4.78 is 5.73. The normalized spacial score (nSPS) is 39.5. The van der Waals surface area contributed by atoms with Gasteiger partial charge in [-0.3, -0.25) is 9.80 Å². The molecule has 2 N–H and O–H groups in total. The van der Waals surface area contributed by atoms with Crippen molar-refractivity contribution < 1.29 is 4.74 Å². The first-order valence-electron chi connectivity index (χ1n) is 7.61. The molecule has 18 heavy (non-hydrogen) atoms. The number of nitrogens with zero attached hydrogens (tertiary/aromatic N) is 2. The molecule has 0 aromatic carbocycles. The second-order valence-electron chi connectivity index (χ2n) is 6.22. The number of ether oxygens (including phenoxy) is 1. The minimum atomic E-state index is 0.141. The van der Waals surface area contributed by atoms with E-state index >= 15 is 0 Å². The van der Waals surface area contributed by atoms with Crippen molar-refractivity contribution in [3.8, 4) is 0 Å². The van der Waals surface area contributed by atoms with Gasteiger partial charge in [0, 0.05) is 38.8 Å². The van der Waals surface area contributed by atoms with Crippen molar-refractivity contribution in [2.75, 3.05) is 45.9 Å². The Kier molecular flexibility index (Phi) is 3.89. The van der Waals surface area contributed by atoms with Crippen molar-refractivity contribution in [2.24, 2.45) is 5.73 Å². The Balaban J connectivity index is 1.68. The number of fused-ring (bicyclic) bond motifs is 1. The van der Waals surface area contributed by atoms with Gasteiger partial charge < -0.3 is 10.5 Å². The van der Waals surface area contributed by atoms with Crippen LogP contribution in [0.25, 0.3) is 0 Å². The molecule has 0 amide bonds. The molecule has 3 aliphatic rings. The molecule has 2 unspecified atom stereocenters. The zero-order valence-corrected chi connectivity index (χ0v) is 11.4. The van der Waals surface area contributed by atoms with Gasteiger partial charge >= 0.3 is 0 Å². The van der Waals surface area contributed by atoms with Crippen LogP contribution in [0.1, 0.15) is 32.1 Å². The van der Waals surface area contributed by atoms with Crippen LogP contribution in [0.15, 0.2) is 0 Å². The first kappa shape index (κ1) is 12.9. The maximum Gasteiger partial charge on any atom is 0.0662 e. The van der Waals surface area contributed by atoms with E-state index < -0.39 is 0 Å². The standard InChI is InChI=1S/C14H27N3O/c15-11-14(5-3-9-18-12-14)17-8-7-16-6-2-1-4-13(16)10-17/h13H,1-12,15H2. The molecule has 2 atom stereocenters. The Bertz CT molecular complexity index is 278. The molecule has 3 heterocycles. The Labute approximate surface area is 110 Å². The van der Waals surface area contributed by atoms with E-state index in [4.69, 9.17) is 10.5 Å². The lowest BCUT2D eigenvalue weighted by molar-refractivity contribution is -0.0779. The summed E-state index contributed by atoms with van der Waals surface area (Å²) in [6, 6.07) is 0.776. The first-order chi connectivity index (χ1) is 8.84. The monoisotopic (exact) mass is 253 g/mol. The number of nitrogens with two attached hydrogens (primary N) is 1. The summed E-state index contributed by atoms with van der Waals surface area (Å²) in [4.78, 5) is 5.34. The molecule has 0 aliphatic carbocycles. The number of hydrogen-bond donors (Lipinski definition) is 1. The molecule has 0 radical (unpaired) electrons. The van der Waals surface area contributed by atoms with E-state index in [-0.39, 0.29) is 5.54 Å². The van der Waals surface area contributed by atoms with Crippen LogP contribution in [0.4, 0.5) is 0 Å². The lowest BCUT2D eigenvalue weighted by atomic mass is 9.87. The van der Waals surface area contributed by atoms with Crippen LogP contribution in [0.3, 0.4) is 0 Å². The summed E-state index contributed by atoms with van der Waals surface area (Å²) >= 11 is 0. The average molecular weight is 253 g/mol. The van der Waals surface area contributed by atoms with E-state index in [9.17, 15) is 0 Å². The van der Waals surface area contributed by atoms with Crippen LogP contribution in [-0.2, 0) is 4.74 Å². The lowest BCUT2D eigenvalue weighted by Gasteiger charge is -2.52. The van der Waals surface area contributed by atoms with Crippen LogP contribution in [0.5, 0.6) is 0 Å². The fourth-order valence-electron chi connectivity index (χ4n) is 3.96. The predicted octanol–water partition coefficient (Wildman–Crippen LogP) is 0.664. The van der Waals surface area contributed by atoms with Crippen molar-refractivity contribution in [2.45, 2.75) is 43.7 Å². The highest BCUT2D eigenvalue weighted by Gasteiger charge is 2.41. The third kappa shape index (κ3) is 2.31. The number of hydrogen-bond acceptors (Lipinski definition) is 4. The number of rotatable bonds is 2. The van der Waals surface area contributed by atoms with Gasteiger partial charge in [-0.2, -0.15) is 0 Å². The molecule has 0 aromatic heterocycles. The molecule has 0 bridgehead atoms. The third-order valence-corrected chi connectivity index (χ3v) is 5.19. The highest BCUT2D eigenvalue weighted by Crippen LogP contribution is 2.30. The fourth-order valence-corrected chi connectivity index (χ4v) is 3.96. The second-order valence-corrected chi connectivity index (χ2v) is 6.22. The van der Waals surface area contributed by atoms with E-state index in [0.29, 0.717) is 0 Å². The highest BCUT2D eigenvalue weighted by atomic mass is 16.5. The summed E-state index contributed by atoms with van der Waals surface area (Å²) in [7, 11) is 0. The molecule has 0 saturated carbocycles. The molecule has 3 aliphatic heterocycles. The summed E-state index contributed by atoms with van der Waals surface area (Å²) in [5.74, 6) is 0. The Hall–Kier alpha value is -0.160. The van der Waals surface area contributed by atoms with E-state index in [0.717, 1.165) is 25.8 Å². The molecular weight excluding hydrogens is 226 g/mol. The molecule has 4 heteroatoms. The van der Waals surface area contributed by atoms with Gasteiger partial charge in [0.25, 0.3) is 0 Å². The molecule has 104 valence electrons. The van der Waals surface area contributed by atoms with Gasteiger partial charge in [-0.05, 0) is 32.2 Å². The molecule has 4 nitrogen and oxygen atoms in total. The van der Waals surface area contributed by atoms with Crippen LogP contribution in [0.2, 0.25) is 0 Å². The van der Waals surface area contributed by atoms with Crippen molar-refractivity contribution in [3.63, 3.8) is 0 Å². The third-order valence-electron chi connectivity index (χ3n) is 5.19. The molecule has 3 rings (SSSR count). The predicted molar refractivity (Wildman–Crippen MR) is 72.6 cm³/mol. The summed E-state index contributed by atoms with van der Waals surface area (Å²) in [5.41, 5.74) is 6.24. The minimum Gasteiger partial charge on any atom is -0.379 e. The fraction of sp³-hybridized carbons (Fsp3) is 1.00. The van der Waals surface area contributed by atoms with E-state index in [2.05, 4.69) is 9.80 Å². The van der Waals surface area contributed by atoms with Crippen molar-refractivity contribution >= 4 is 0 Å². The number of piperidine rings is 1. The van der Waals surface area contributed by atoms with Crippen molar-refractivity contribution in [1.82, 2.24) is 9.80 Å². The van der Waals surface area contributed by atoms with Gasteiger partial charge in [-0.15, -0.1) is 0 Å².